The second-order valence-electron chi connectivity index (χ2n) is 11.5. The van der Waals surface area contributed by atoms with Crippen molar-refractivity contribution in [3.63, 3.8) is 0 Å². The molecule has 2 aliphatic rings. The molecule has 1 aliphatic heterocycles. The summed E-state index contributed by atoms with van der Waals surface area (Å²) in [5, 5.41) is 11.4. The quantitative estimate of drug-likeness (QED) is 0.374. The van der Waals surface area contributed by atoms with Crippen LogP contribution < -0.4 is 0 Å². The maximum Gasteiger partial charge on any atom is 0.253 e. The predicted octanol–water partition coefficient (Wildman–Crippen LogP) is 5.65. The molecule has 6 heteroatoms. The van der Waals surface area contributed by atoms with Gasteiger partial charge in [-0.2, -0.15) is 0 Å². The Morgan fingerprint density at radius 2 is 1.76 bits per heavy atom. The first-order chi connectivity index (χ1) is 18.3. The summed E-state index contributed by atoms with van der Waals surface area (Å²) >= 11 is 0. The third-order valence-electron chi connectivity index (χ3n) is 8.51. The summed E-state index contributed by atoms with van der Waals surface area (Å²) in [6.45, 7) is 4.04. The second kappa shape index (κ2) is 9.68. The van der Waals surface area contributed by atoms with Crippen molar-refractivity contribution >= 4 is 16.9 Å². The summed E-state index contributed by atoms with van der Waals surface area (Å²) in [6, 6.07) is 17.4. The molecule has 1 amide bonds. The zero-order valence-electron chi connectivity index (χ0n) is 22.5. The van der Waals surface area contributed by atoms with E-state index in [1.165, 1.54) is 16.7 Å². The van der Waals surface area contributed by atoms with Gasteiger partial charge in [0.25, 0.3) is 5.91 Å². The molecular weight excluding hydrogens is 472 g/mol. The Hall–Kier alpha value is -3.48. The first kappa shape index (κ1) is 24.8. The number of amides is 1. The molecule has 1 aliphatic carbocycles. The van der Waals surface area contributed by atoms with Crippen molar-refractivity contribution in [2.45, 2.75) is 57.2 Å². The number of carbonyl (C=O) groups is 1. The molecule has 0 atom stereocenters. The number of hydrogen-bond donors (Lipinski definition) is 2. The van der Waals surface area contributed by atoms with Gasteiger partial charge in [0.1, 0.15) is 5.65 Å². The minimum atomic E-state index is -0.494. The summed E-state index contributed by atoms with van der Waals surface area (Å²) in [5.74, 6) is 0.000707. The number of pyridine rings is 1. The van der Waals surface area contributed by atoms with Crippen molar-refractivity contribution in [3.05, 3.63) is 77.6 Å². The molecule has 0 saturated heterocycles. The number of aliphatic hydroxyl groups is 1. The molecule has 6 rings (SSSR count). The van der Waals surface area contributed by atoms with Crippen LogP contribution in [0.3, 0.4) is 0 Å². The molecule has 3 heterocycles. The van der Waals surface area contributed by atoms with Crippen LogP contribution in [-0.4, -0.2) is 63.1 Å². The number of H-pyrrole nitrogens is 1. The fourth-order valence-corrected chi connectivity index (χ4v) is 6.11. The van der Waals surface area contributed by atoms with Gasteiger partial charge in [0, 0.05) is 67.7 Å². The van der Waals surface area contributed by atoms with Crippen molar-refractivity contribution in [1.82, 2.24) is 19.8 Å². The number of aromatic amines is 1. The lowest BCUT2D eigenvalue weighted by Gasteiger charge is -2.41. The van der Waals surface area contributed by atoms with Gasteiger partial charge in [0.15, 0.2) is 0 Å². The first-order valence-electron chi connectivity index (χ1n) is 13.7. The summed E-state index contributed by atoms with van der Waals surface area (Å²) in [5.41, 5.74) is 8.31. The van der Waals surface area contributed by atoms with E-state index in [0.717, 1.165) is 72.9 Å². The van der Waals surface area contributed by atoms with Gasteiger partial charge in [-0.1, -0.05) is 24.3 Å². The smallest absolute Gasteiger partial charge is 0.253 e. The third kappa shape index (κ3) is 4.74. The van der Waals surface area contributed by atoms with Crippen LogP contribution in [0.1, 0.15) is 54.1 Å². The SMILES string of the molecule is CN(C)C(=O)c1ccc(-c2c[nH]c3ncc(-c4ccc5c(c4)CN(C4CCC(C)(O)CC4)CC5)cc23)cc1. The molecule has 38 heavy (non-hydrogen) atoms. The van der Waals surface area contributed by atoms with E-state index in [9.17, 15) is 9.90 Å². The summed E-state index contributed by atoms with van der Waals surface area (Å²) in [7, 11) is 3.53. The van der Waals surface area contributed by atoms with Crippen molar-refractivity contribution < 1.29 is 9.90 Å². The molecule has 4 aromatic rings. The first-order valence-corrected chi connectivity index (χ1v) is 13.7. The lowest BCUT2D eigenvalue weighted by atomic mass is 9.82. The minimum absolute atomic E-state index is 0.000707. The van der Waals surface area contributed by atoms with Crippen LogP contribution >= 0.6 is 0 Å². The topological polar surface area (TPSA) is 72.5 Å². The highest BCUT2D eigenvalue weighted by Crippen LogP contribution is 2.35. The maximum atomic E-state index is 12.3. The van der Waals surface area contributed by atoms with E-state index in [-0.39, 0.29) is 5.91 Å². The van der Waals surface area contributed by atoms with Gasteiger partial charge in [-0.15, -0.1) is 0 Å². The van der Waals surface area contributed by atoms with E-state index in [1.807, 2.05) is 43.6 Å². The lowest BCUT2D eigenvalue weighted by Crippen LogP contribution is -2.44. The van der Waals surface area contributed by atoms with Crippen LogP contribution in [0.2, 0.25) is 0 Å². The van der Waals surface area contributed by atoms with Gasteiger partial charge in [0.05, 0.1) is 5.60 Å². The molecule has 0 bridgehead atoms. The highest BCUT2D eigenvalue weighted by atomic mass is 16.3. The van der Waals surface area contributed by atoms with E-state index in [2.05, 4.69) is 34.1 Å². The number of benzene rings is 2. The van der Waals surface area contributed by atoms with Crippen molar-refractivity contribution in [1.29, 1.82) is 0 Å². The number of nitrogens with zero attached hydrogens (tertiary/aromatic N) is 3. The highest BCUT2D eigenvalue weighted by molar-refractivity contribution is 5.98. The van der Waals surface area contributed by atoms with Crippen molar-refractivity contribution in [3.8, 4) is 22.3 Å². The fraction of sp³-hybridized carbons (Fsp3) is 0.375. The number of rotatable bonds is 4. The number of fused-ring (bicyclic) bond motifs is 2. The van der Waals surface area contributed by atoms with Gasteiger partial charge in [-0.25, -0.2) is 4.98 Å². The molecule has 2 N–H and O–H groups in total. The molecule has 0 radical (unpaired) electrons. The fourth-order valence-electron chi connectivity index (χ4n) is 6.11. The highest BCUT2D eigenvalue weighted by Gasteiger charge is 2.32. The van der Waals surface area contributed by atoms with E-state index < -0.39 is 5.60 Å². The normalized spacial score (nSPS) is 21.8. The number of hydrogen-bond acceptors (Lipinski definition) is 4. The molecule has 0 spiro atoms. The van der Waals surface area contributed by atoms with E-state index in [1.54, 1.807) is 19.0 Å². The average molecular weight is 509 g/mol. The van der Waals surface area contributed by atoms with Crippen molar-refractivity contribution in [2.75, 3.05) is 20.6 Å². The standard InChI is InChI=1S/C32H36N4O2/c1-32(38)13-10-27(11-14-32)36-15-12-21-4-9-24(16-26(21)20-36)25-17-28-29(19-34-30(28)33-18-25)22-5-7-23(8-6-22)31(37)35(2)3/h4-9,16-19,27,38H,10-15,20H2,1-3H3,(H,33,34). The van der Waals surface area contributed by atoms with Crippen LogP contribution in [-0.2, 0) is 13.0 Å². The lowest BCUT2D eigenvalue weighted by molar-refractivity contribution is -0.00765. The van der Waals surface area contributed by atoms with Crippen LogP contribution in [0.25, 0.3) is 33.3 Å². The van der Waals surface area contributed by atoms with E-state index in [0.29, 0.717) is 11.6 Å². The van der Waals surface area contributed by atoms with Crippen LogP contribution in [0.4, 0.5) is 0 Å². The Kier molecular flexibility index (Phi) is 6.33. The van der Waals surface area contributed by atoms with Crippen molar-refractivity contribution in [2.24, 2.45) is 0 Å². The maximum absolute atomic E-state index is 12.3. The molecule has 2 aromatic heterocycles. The molecule has 2 aromatic carbocycles. The monoisotopic (exact) mass is 508 g/mol. The zero-order valence-corrected chi connectivity index (χ0v) is 22.5. The summed E-state index contributed by atoms with van der Waals surface area (Å²) in [4.78, 5) is 24.5. The summed E-state index contributed by atoms with van der Waals surface area (Å²) in [6.07, 6.45) is 8.95. The zero-order chi connectivity index (χ0) is 26.4. The molecule has 6 nitrogen and oxygen atoms in total. The average Bonchev–Trinajstić information content (AvgIpc) is 3.35. The number of carbonyl (C=O) groups excluding carboxylic acids is 1. The molecular formula is C32H36N4O2. The van der Waals surface area contributed by atoms with E-state index in [4.69, 9.17) is 4.98 Å². The molecule has 0 unspecified atom stereocenters. The van der Waals surface area contributed by atoms with Crippen LogP contribution in [0, 0.1) is 0 Å². The Balaban J connectivity index is 1.26. The summed E-state index contributed by atoms with van der Waals surface area (Å²) < 4.78 is 0. The third-order valence-corrected chi connectivity index (χ3v) is 8.51. The van der Waals surface area contributed by atoms with Crippen LogP contribution in [0.5, 0.6) is 0 Å². The van der Waals surface area contributed by atoms with Gasteiger partial charge in [0.2, 0.25) is 0 Å². The molecule has 1 fully saturated rings. The minimum Gasteiger partial charge on any atom is -0.390 e. The van der Waals surface area contributed by atoms with Gasteiger partial charge in [-0.05, 0) is 85.5 Å². The molecule has 196 valence electrons. The Bertz CT molecular complexity index is 1480. The van der Waals surface area contributed by atoms with Gasteiger partial charge in [-0.3, -0.25) is 9.69 Å². The largest absolute Gasteiger partial charge is 0.390 e. The Morgan fingerprint density at radius 1 is 1.03 bits per heavy atom. The Morgan fingerprint density at radius 3 is 2.50 bits per heavy atom. The number of aromatic nitrogens is 2. The predicted molar refractivity (Wildman–Crippen MR) is 152 cm³/mol. The second-order valence-corrected chi connectivity index (χ2v) is 11.5. The van der Waals surface area contributed by atoms with Gasteiger partial charge < -0.3 is 15.0 Å². The molecule has 1 saturated carbocycles. The Labute approximate surface area is 224 Å². The number of nitrogens with one attached hydrogen (secondary N) is 1. The van der Waals surface area contributed by atoms with Gasteiger partial charge >= 0.3 is 0 Å². The van der Waals surface area contributed by atoms with Crippen LogP contribution in [0.15, 0.2) is 60.9 Å². The van der Waals surface area contributed by atoms with E-state index >= 15 is 0 Å².